The van der Waals surface area contributed by atoms with Crippen molar-refractivity contribution >= 4 is 11.9 Å². The van der Waals surface area contributed by atoms with E-state index < -0.39 is 115 Å². The van der Waals surface area contributed by atoms with Crippen LogP contribution >= 0.6 is 0 Å². The van der Waals surface area contributed by atoms with Crippen molar-refractivity contribution in [1.82, 2.24) is 0 Å². The number of cyclic esters (lactones) is 1. The normalized spacial score (nSPS) is 52.6. The summed E-state index contributed by atoms with van der Waals surface area (Å²) >= 11 is 0. The zero-order chi connectivity index (χ0) is 42.3. The lowest BCUT2D eigenvalue weighted by molar-refractivity contribution is -0.336. The van der Waals surface area contributed by atoms with Gasteiger partial charge in [-0.25, -0.2) is 4.79 Å². The molecular formula is C43H65FO15. The highest BCUT2D eigenvalue weighted by molar-refractivity contribution is 5.89. The Bertz CT molecular complexity index is 1590. The van der Waals surface area contributed by atoms with Crippen LogP contribution in [0, 0.1) is 34.5 Å². The van der Waals surface area contributed by atoms with Crippen molar-refractivity contribution in [2.24, 2.45) is 34.5 Å². The number of fused-ring (bicyclic) bond motifs is 5. The molecule has 5 N–H and O–H groups in total. The van der Waals surface area contributed by atoms with Crippen molar-refractivity contribution in [2.45, 2.75) is 204 Å². The Morgan fingerprint density at radius 1 is 0.763 bits per heavy atom. The minimum absolute atomic E-state index is 0.0576. The molecule has 0 aromatic heterocycles. The maximum Gasteiger partial charge on any atom is 0.367 e. The van der Waals surface area contributed by atoms with Crippen LogP contribution in [0.15, 0.2) is 11.4 Å². The van der Waals surface area contributed by atoms with E-state index in [9.17, 15) is 39.5 Å². The van der Waals surface area contributed by atoms with Gasteiger partial charge in [-0.05, 0) is 101 Å². The minimum atomic E-state index is -1.19. The summed E-state index contributed by atoms with van der Waals surface area (Å²) in [6.45, 7) is 10.5. The van der Waals surface area contributed by atoms with Gasteiger partial charge in [0.2, 0.25) is 5.83 Å². The highest BCUT2D eigenvalue weighted by atomic mass is 19.1. The molecule has 0 amide bonds. The van der Waals surface area contributed by atoms with Gasteiger partial charge in [0, 0.05) is 37.2 Å². The van der Waals surface area contributed by atoms with Gasteiger partial charge in [-0.1, -0.05) is 13.8 Å². The molecule has 4 aliphatic heterocycles. The number of aliphatic hydroxyl groups is 5. The number of halogens is 1. The first-order valence-electron chi connectivity index (χ1n) is 21.9. The number of aliphatic hydroxyl groups excluding tert-OH is 4. The van der Waals surface area contributed by atoms with Gasteiger partial charge in [0.25, 0.3) is 0 Å². The van der Waals surface area contributed by atoms with E-state index in [0.717, 1.165) is 32.1 Å². The molecule has 0 aromatic carbocycles. The SMILES string of the molecule is CC(=O)O[C@H]1C[C@H](O[C@H]2[C@@H](O)C[C@H](O[C@H]3[C@@H](O)C[C@H](O[C@H]4CC[C@@]5(C)[C@H](CC[C@@H]6[C@@H]5C[C@@H](O)[C@]5(C)[C@@H](C7=C(F)C(=O)OC7)CC[C@]65O)C4)O[C@@H]3C)O[C@@H]2C)O[C@H](C)[C@H]1O. The fourth-order valence-corrected chi connectivity index (χ4v) is 13.1. The molecule has 0 unspecified atom stereocenters. The van der Waals surface area contributed by atoms with Crippen molar-refractivity contribution in [1.29, 1.82) is 0 Å². The largest absolute Gasteiger partial charge is 0.459 e. The smallest absolute Gasteiger partial charge is 0.367 e. The third-order valence-corrected chi connectivity index (χ3v) is 16.4. The second kappa shape index (κ2) is 16.4. The summed E-state index contributed by atoms with van der Waals surface area (Å²) in [7, 11) is 0. The molecule has 0 aromatic rings. The van der Waals surface area contributed by atoms with Crippen molar-refractivity contribution in [2.75, 3.05) is 6.61 Å². The van der Waals surface area contributed by atoms with E-state index in [1.807, 2.05) is 13.8 Å². The van der Waals surface area contributed by atoms with Crippen LogP contribution in [0.1, 0.15) is 112 Å². The Balaban J connectivity index is 0.833. The highest BCUT2D eigenvalue weighted by Gasteiger charge is 2.71. The molecular weight excluding hydrogens is 775 g/mol. The molecule has 21 atom stereocenters. The van der Waals surface area contributed by atoms with Crippen LogP contribution in [0.5, 0.6) is 0 Å². The Labute approximate surface area is 345 Å². The Kier molecular flexibility index (Phi) is 12.2. The molecule has 8 rings (SSSR count). The van der Waals surface area contributed by atoms with Crippen LogP contribution in [-0.4, -0.2) is 136 Å². The molecule has 4 aliphatic carbocycles. The van der Waals surface area contributed by atoms with Gasteiger partial charge in [-0.3, -0.25) is 4.79 Å². The first-order valence-corrected chi connectivity index (χ1v) is 21.9. The summed E-state index contributed by atoms with van der Waals surface area (Å²) in [6.07, 6.45) is -4.56. The number of carbonyl (C=O) groups excluding carboxylic acids is 2. The van der Waals surface area contributed by atoms with E-state index in [4.69, 9.17) is 37.9 Å². The number of esters is 2. The number of hydrogen-bond acceptors (Lipinski definition) is 15. The lowest BCUT2D eigenvalue weighted by atomic mass is 9.42. The molecule has 59 heavy (non-hydrogen) atoms. The van der Waals surface area contributed by atoms with E-state index in [2.05, 4.69) is 6.92 Å². The van der Waals surface area contributed by atoms with Crippen molar-refractivity contribution in [3.05, 3.63) is 11.4 Å². The Morgan fingerprint density at radius 2 is 1.37 bits per heavy atom. The number of rotatable bonds is 8. The van der Waals surface area contributed by atoms with E-state index in [1.165, 1.54) is 6.92 Å². The zero-order valence-electron chi connectivity index (χ0n) is 35.1. The summed E-state index contributed by atoms with van der Waals surface area (Å²) in [5.41, 5.74) is -2.04. The van der Waals surface area contributed by atoms with Gasteiger partial charge < -0.3 is 63.4 Å². The Morgan fingerprint density at radius 3 is 1.97 bits per heavy atom. The quantitative estimate of drug-likeness (QED) is 0.176. The van der Waals surface area contributed by atoms with Gasteiger partial charge in [-0.15, -0.1) is 0 Å². The Hall–Kier alpha value is -1.83. The van der Waals surface area contributed by atoms with Crippen LogP contribution in [0.25, 0.3) is 0 Å². The van der Waals surface area contributed by atoms with Gasteiger partial charge in [0.1, 0.15) is 31.0 Å². The van der Waals surface area contributed by atoms with E-state index in [-0.39, 0.29) is 54.8 Å². The second-order valence-electron chi connectivity index (χ2n) is 19.5. The number of ether oxygens (including phenoxy) is 8. The molecule has 16 heteroatoms. The number of hydrogen-bond donors (Lipinski definition) is 5. The molecule has 7 fully saturated rings. The predicted octanol–water partition coefficient (Wildman–Crippen LogP) is 3.09. The average Bonchev–Trinajstić information content (AvgIpc) is 3.64. The molecule has 15 nitrogen and oxygen atoms in total. The molecule has 0 spiro atoms. The first-order chi connectivity index (χ1) is 27.8. The van der Waals surface area contributed by atoms with E-state index >= 15 is 0 Å². The average molecular weight is 841 g/mol. The van der Waals surface area contributed by atoms with Crippen LogP contribution in [0.3, 0.4) is 0 Å². The van der Waals surface area contributed by atoms with Crippen LogP contribution in [0.2, 0.25) is 0 Å². The molecule has 4 heterocycles. The van der Waals surface area contributed by atoms with Gasteiger partial charge in [0.05, 0.1) is 48.3 Å². The van der Waals surface area contributed by atoms with E-state index in [1.54, 1.807) is 13.8 Å². The molecule has 8 aliphatic rings. The van der Waals surface area contributed by atoms with Crippen LogP contribution in [-0.2, 0) is 47.5 Å². The zero-order valence-corrected chi connectivity index (χ0v) is 35.1. The van der Waals surface area contributed by atoms with Crippen LogP contribution in [0.4, 0.5) is 4.39 Å². The lowest BCUT2D eigenvalue weighted by Crippen LogP contribution is -2.67. The predicted molar refractivity (Wildman–Crippen MR) is 202 cm³/mol. The standard InChI is InChI=1S/C43H65FO15/c1-19-37(49)31(56-22(4)45)17-35(53-19)59-39-21(3)55-34(16-30(39)47)58-38-20(2)54-33(15-29(38)46)57-24-9-11-41(5)23(13-24)7-8-27-28(41)14-32(48)42(6)26(10-12-43(27,42)51)25-18-52-40(50)36(25)44/h19-21,23-24,26-35,37-39,46-49,51H,7-18H2,1-6H3/t19-,20-,21-,23-,24+,26-,27-,28+,29+,30+,31+,32-,33+,34+,35+,37-,38-,39-,41+,42+,43+/m1/s1. The third kappa shape index (κ3) is 7.61. The van der Waals surface area contributed by atoms with Crippen LogP contribution < -0.4 is 0 Å². The maximum absolute atomic E-state index is 14.9. The summed E-state index contributed by atoms with van der Waals surface area (Å²) < 4.78 is 62.2. The van der Waals surface area contributed by atoms with Gasteiger partial charge in [0.15, 0.2) is 18.9 Å². The molecule has 0 radical (unpaired) electrons. The van der Waals surface area contributed by atoms with Gasteiger partial charge in [-0.2, -0.15) is 4.39 Å². The van der Waals surface area contributed by atoms with Crippen molar-refractivity contribution in [3.63, 3.8) is 0 Å². The molecule has 0 bridgehead atoms. The maximum atomic E-state index is 14.9. The summed E-state index contributed by atoms with van der Waals surface area (Å²) in [4.78, 5) is 23.5. The fraction of sp³-hybridized carbons (Fsp3) is 0.907. The summed E-state index contributed by atoms with van der Waals surface area (Å²) in [5, 5.41) is 57.3. The van der Waals surface area contributed by atoms with Gasteiger partial charge >= 0.3 is 11.9 Å². The van der Waals surface area contributed by atoms with Crippen molar-refractivity contribution in [3.8, 4) is 0 Å². The first kappa shape index (κ1) is 43.8. The topological polar surface area (TPSA) is 209 Å². The van der Waals surface area contributed by atoms with E-state index in [0.29, 0.717) is 25.2 Å². The molecule has 3 saturated heterocycles. The lowest BCUT2D eigenvalue weighted by Gasteiger charge is -2.65. The highest BCUT2D eigenvalue weighted by Crippen LogP contribution is 2.70. The van der Waals surface area contributed by atoms with Crippen molar-refractivity contribution < 1.29 is 77.4 Å². The molecule has 334 valence electrons. The summed E-state index contributed by atoms with van der Waals surface area (Å²) in [5.74, 6) is -2.51. The minimum Gasteiger partial charge on any atom is -0.459 e. The monoisotopic (exact) mass is 840 g/mol. The third-order valence-electron chi connectivity index (χ3n) is 16.4. The number of carbonyl (C=O) groups is 2. The fourth-order valence-electron chi connectivity index (χ4n) is 13.1. The molecule has 4 saturated carbocycles. The second-order valence-corrected chi connectivity index (χ2v) is 19.5. The summed E-state index contributed by atoms with van der Waals surface area (Å²) in [6, 6.07) is 0.